The number of aromatic nitrogens is 1. The van der Waals surface area contributed by atoms with E-state index in [2.05, 4.69) is 39.5 Å². The molecule has 0 bridgehead atoms. The molecule has 2 aromatic rings. The Kier molecular flexibility index (Phi) is 5.56. The molecule has 0 spiro atoms. The van der Waals surface area contributed by atoms with Crippen LogP contribution in [0.2, 0.25) is 0 Å². The number of aliphatic hydroxyl groups excluding tert-OH is 1. The molecule has 2 N–H and O–H groups in total. The van der Waals surface area contributed by atoms with Crippen LogP contribution in [0.3, 0.4) is 0 Å². The maximum Gasteiger partial charge on any atom is 0.270 e. The van der Waals surface area contributed by atoms with Crippen molar-refractivity contribution in [1.82, 2.24) is 15.2 Å². The van der Waals surface area contributed by atoms with Crippen LogP contribution in [-0.2, 0) is 19.7 Å². The van der Waals surface area contributed by atoms with Gasteiger partial charge in [0.25, 0.3) is 5.91 Å². The molecule has 24 heavy (non-hydrogen) atoms. The van der Waals surface area contributed by atoms with Gasteiger partial charge < -0.3 is 10.4 Å². The number of nitrogens with one attached hydrogen (secondary N) is 1. The summed E-state index contributed by atoms with van der Waals surface area (Å²) in [6, 6.07) is 11.7. The van der Waals surface area contributed by atoms with Crippen LogP contribution in [0.1, 0.15) is 40.0 Å². The summed E-state index contributed by atoms with van der Waals surface area (Å²) in [5.74, 6) is -0.230. The third-order valence-corrected chi connectivity index (χ3v) is 4.32. The number of carbonyl (C=O) groups is 1. The number of carbonyl (C=O) groups excluding carboxylic acids is 1. The van der Waals surface area contributed by atoms with Gasteiger partial charge in [0.15, 0.2) is 0 Å². The standard InChI is InChI=1S/C19H23N3O2/c23-14-17-7-8-20-18(11-17)19(24)21-12-15-3-5-16(6-4-15)13-22-9-1-2-10-22/h3-8,11,23H,1-2,9-10,12-14H2,(H,21,24). The molecule has 2 heterocycles. The molecule has 1 amide bonds. The lowest BCUT2D eigenvalue weighted by molar-refractivity contribution is 0.0945. The predicted octanol–water partition coefficient (Wildman–Crippen LogP) is 2.10. The third kappa shape index (κ3) is 4.40. The molecule has 0 unspecified atom stereocenters. The van der Waals surface area contributed by atoms with E-state index in [1.165, 1.54) is 37.7 Å². The van der Waals surface area contributed by atoms with E-state index >= 15 is 0 Å². The molecule has 1 aromatic heterocycles. The quantitative estimate of drug-likeness (QED) is 0.854. The molecule has 1 saturated heterocycles. The Labute approximate surface area is 142 Å². The molecule has 5 nitrogen and oxygen atoms in total. The fraction of sp³-hybridized carbons (Fsp3) is 0.368. The molecule has 5 heteroatoms. The molecule has 1 aromatic carbocycles. The van der Waals surface area contributed by atoms with Gasteiger partial charge in [-0.05, 0) is 54.8 Å². The Balaban J connectivity index is 1.53. The van der Waals surface area contributed by atoms with E-state index < -0.39 is 0 Å². The van der Waals surface area contributed by atoms with Crippen LogP contribution in [0.25, 0.3) is 0 Å². The Bertz CT molecular complexity index is 679. The fourth-order valence-corrected chi connectivity index (χ4v) is 2.93. The lowest BCUT2D eigenvalue weighted by Crippen LogP contribution is -2.24. The van der Waals surface area contributed by atoms with E-state index in [1.54, 1.807) is 12.1 Å². The summed E-state index contributed by atoms with van der Waals surface area (Å²) in [4.78, 5) is 18.6. The normalized spacial score (nSPS) is 14.7. The number of hydrogen-bond acceptors (Lipinski definition) is 4. The highest BCUT2D eigenvalue weighted by molar-refractivity contribution is 5.92. The van der Waals surface area contributed by atoms with Gasteiger partial charge in [-0.1, -0.05) is 24.3 Å². The van der Waals surface area contributed by atoms with E-state index in [9.17, 15) is 4.79 Å². The maximum atomic E-state index is 12.1. The zero-order chi connectivity index (χ0) is 16.8. The largest absolute Gasteiger partial charge is 0.392 e. The first-order valence-corrected chi connectivity index (χ1v) is 8.39. The number of aliphatic hydroxyl groups is 1. The summed E-state index contributed by atoms with van der Waals surface area (Å²) < 4.78 is 0. The Hall–Kier alpha value is -2.24. The van der Waals surface area contributed by atoms with Crippen molar-refractivity contribution in [1.29, 1.82) is 0 Å². The summed E-state index contributed by atoms with van der Waals surface area (Å²) in [6.45, 7) is 3.76. The van der Waals surface area contributed by atoms with Crippen molar-refractivity contribution in [2.24, 2.45) is 0 Å². The van der Waals surface area contributed by atoms with Crippen LogP contribution < -0.4 is 5.32 Å². The molecule has 3 rings (SSSR count). The van der Waals surface area contributed by atoms with Gasteiger partial charge in [0.1, 0.15) is 5.69 Å². The van der Waals surface area contributed by atoms with Crippen LogP contribution in [0, 0.1) is 0 Å². The molecule has 0 atom stereocenters. The van der Waals surface area contributed by atoms with Gasteiger partial charge in [-0.3, -0.25) is 14.7 Å². The predicted molar refractivity (Wildman–Crippen MR) is 92.3 cm³/mol. The number of hydrogen-bond donors (Lipinski definition) is 2. The van der Waals surface area contributed by atoms with Crippen LogP contribution in [0.4, 0.5) is 0 Å². The van der Waals surface area contributed by atoms with Gasteiger partial charge in [-0.15, -0.1) is 0 Å². The van der Waals surface area contributed by atoms with Crippen LogP contribution >= 0.6 is 0 Å². The zero-order valence-electron chi connectivity index (χ0n) is 13.7. The minimum Gasteiger partial charge on any atom is -0.392 e. The Morgan fingerprint density at radius 3 is 2.50 bits per heavy atom. The van der Waals surface area contributed by atoms with Crippen molar-refractivity contribution in [2.45, 2.75) is 32.5 Å². The second kappa shape index (κ2) is 8.04. The number of likely N-dealkylation sites (tertiary alicyclic amines) is 1. The van der Waals surface area contributed by atoms with Crippen molar-refractivity contribution in [3.63, 3.8) is 0 Å². The van der Waals surface area contributed by atoms with E-state index in [1.807, 2.05) is 0 Å². The van der Waals surface area contributed by atoms with Gasteiger partial charge in [0.2, 0.25) is 0 Å². The second-order valence-corrected chi connectivity index (χ2v) is 6.19. The summed E-state index contributed by atoms with van der Waals surface area (Å²) >= 11 is 0. The van der Waals surface area contributed by atoms with E-state index in [4.69, 9.17) is 5.11 Å². The van der Waals surface area contributed by atoms with Crippen LogP contribution in [0.5, 0.6) is 0 Å². The minimum absolute atomic E-state index is 0.0960. The first-order valence-electron chi connectivity index (χ1n) is 8.39. The topological polar surface area (TPSA) is 65.5 Å². The monoisotopic (exact) mass is 325 g/mol. The van der Waals surface area contributed by atoms with Crippen molar-refractivity contribution < 1.29 is 9.90 Å². The van der Waals surface area contributed by atoms with E-state index in [0.29, 0.717) is 17.8 Å². The first kappa shape index (κ1) is 16.6. The van der Waals surface area contributed by atoms with Crippen LogP contribution in [-0.4, -0.2) is 34.0 Å². The molecule has 0 aliphatic carbocycles. The zero-order valence-corrected chi connectivity index (χ0v) is 13.7. The number of amides is 1. The molecule has 0 saturated carbocycles. The summed E-state index contributed by atoms with van der Waals surface area (Å²) in [5.41, 5.74) is 3.38. The highest BCUT2D eigenvalue weighted by atomic mass is 16.3. The molecule has 126 valence electrons. The van der Waals surface area contributed by atoms with Gasteiger partial charge in [0, 0.05) is 19.3 Å². The van der Waals surface area contributed by atoms with Gasteiger partial charge in [0.05, 0.1) is 6.61 Å². The smallest absolute Gasteiger partial charge is 0.270 e. The maximum absolute atomic E-state index is 12.1. The van der Waals surface area contributed by atoms with E-state index in [0.717, 1.165) is 12.1 Å². The van der Waals surface area contributed by atoms with Crippen molar-refractivity contribution in [2.75, 3.05) is 13.1 Å². The molecule has 1 aliphatic rings. The van der Waals surface area contributed by atoms with Crippen molar-refractivity contribution in [3.05, 3.63) is 65.0 Å². The number of pyridine rings is 1. The van der Waals surface area contributed by atoms with Gasteiger partial charge in [-0.2, -0.15) is 0 Å². The Morgan fingerprint density at radius 2 is 1.79 bits per heavy atom. The average Bonchev–Trinajstić information content (AvgIpc) is 3.14. The number of rotatable bonds is 6. The summed E-state index contributed by atoms with van der Waals surface area (Å²) in [5, 5.41) is 12.0. The lowest BCUT2D eigenvalue weighted by Gasteiger charge is -2.14. The second-order valence-electron chi connectivity index (χ2n) is 6.19. The fourth-order valence-electron chi connectivity index (χ4n) is 2.93. The molecule has 1 fully saturated rings. The van der Waals surface area contributed by atoms with Gasteiger partial charge in [-0.25, -0.2) is 0 Å². The number of benzene rings is 1. The lowest BCUT2D eigenvalue weighted by atomic mass is 10.1. The highest BCUT2D eigenvalue weighted by Gasteiger charge is 2.11. The molecule has 0 radical (unpaired) electrons. The van der Waals surface area contributed by atoms with E-state index in [-0.39, 0.29) is 12.5 Å². The first-order chi connectivity index (χ1) is 11.7. The van der Waals surface area contributed by atoms with Gasteiger partial charge >= 0.3 is 0 Å². The molecular formula is C19H23N3O2. The van der Waals surface area contributed by atoms with Crippen molar-refractivity contribution in [3.8, 4) is 0 Å². The average molecular weight is 325 g/mol. The SMILES string of the molecule is O=C(NCc1ccc(CN2CCCC2)cc1)c1cc(CO)ccn1. The molecule has 1 aliphatic heterocycles. The summed E-state index contributed by atoms with van der Waals surface area (Å²) in [7, 11) is 0. The molecular weight excluding hydrogens is 302 g/mol. The Morgan fingerprint density at radius 1 is 1.08 bits per heavy atom. The van der Waals surface area contributed by atoms with Crippen LogP contribution in [0.15, 0.2) is 42.6 Å². The number of nitrogens with zero attached hydrogens (tertiary/aromatic N) is 2. The minimum atomic E-state index is -0.230. The highest BCUT2D eigenvalue weighted by Crippen LogP contribution is 2.13. The summed E-state index contributed by atoms with van der Waals surface area (Å²) in [6.07, 6.45) is 4.14. The van der Waals surface area contributed by atoms with Crippen molar-refractivity contribution >= 4 is 5.91 Å². The third-order valence-electron chi connectivity index (χ3n) is 4.32.